The fraction of sp³-hybridized carbons (Fsp3) is 0.786. The summed E-state index contributed by atoms with van der Waals surface area (Å²) in [5, 5.41) is 10.7. The highest BCUT2D eigenvalue weighted by molar-refractivity contribution is 5.79. The Kier molecular flexibility index (Phi) is 6.60. The lowest BCUT2D eigenvalue weighted by Crippen LogP contribution is -2.45. The predicted octanol–water partition coefficient (Wildman–Crippen LogP) is -0.409. The zero-order chi connectivity index (χ0) is 15.8. The number of nitrogens with zero attached hydrogens (tertiary/aromatic N) is 5. The van der Waals surface area contributed by atoms with Gasteiger partial charge in [0.1, 0.15) is 12.2 Å². The number of aromatic nitrogens is 3. The van der Waals surface area contributed by atoms with Crippen LogP contribution in [0.2, 0.25) is 0 Å². The average molecular weight is 309 g/mol. The van der Waals surface area contributed by atoms with Crippen LogP contribution in [-0.2, 0) is 18.3 Å². The van der Waals surface area contributed by atoms with E-state index in [0.29, 0.717) is 12.6 Å². The third-order valence-electron chi connectivity index (χ3n) is 4.03. The molecule has 8 nitrogen and oxygen atoms in total. The van der Waals surface area contributed by atoms with Crippen LogP contribution in [-0.4, -0.2) is 72.1 Å². The summed E-state index contributed by atoms with van der Waals surface area (Å²) in [6.07, 6.45) is 4.03. The van der Waals surface area contributed by atoms with Crippen LogP contribution in [0.4, 0.5) is 0 Å². The smallest absolute Gasteiger partial charge is 0.191 e. The van der Waals surface area contributed by atoms with Crippen molar-refractivity contribution in [2.24, 2.45) is 12.0 Å². The maximum absolute atomic E-state index is 5.18. The molecule has 0 aliphatic carbocycles. The summed E-state index contributed by atoms with van der Waals surface area (Å²) in [6, 6.07) is 0.545. The van der Waals surface area contributed by atoms with Gasteiger partial charge in [-0.05, 0) is 19.4 Å². The van der Waals surface area contributed by atoms with E-state index in [-0.39, 0.29) is 0 Å². The second-order valence-electron chi connectivity index (χ2n) is 5.43. The standard InChI is InChI=1S/C14H27N7O/c1-15-14(17-10-13-18-11-19-20(13)2)16-9-12-5-4-6-21(12)7-8-22-3/h11-12H,4-10H2,1-3H3,(H2,15,16,17). The number of rotatable bonds is 7. The maximum Gasteiger partial charge on any atom is 0.191 e. The summed E-state index contributed by atoms with van der Waals surface area (Å²) in [4.78, 5) is 10.9. The molecule has 0 aromatic carbocycles. The van der Waals surface area contributed by atoms with Crippen molar-refractivity contribution in [1.82, 2.24) is 30.3 Å². The Balaban J connectivity index is 1.75. The number of hydrogen-bond acceptors (Lipinski definition) is 5. The van der Waals surface area contributed by atoms with Gasteiger partial charge < -0.3 is 15.4 Å². The molecule has 0 amide bonds. The Morgan fingerprint density at radius 3 is 3.05 bits per heavy atom. The third kappa shape index (κ3) is 4.67. The molecule has 1 unspecified atom stereocenters. The van der Waals surface area contributed by atoms with Gasteiger partial charge in [0.2, 0.25) is 0 Å². The van der Waals surface area contributed by atoms with E-state index < -0.39 is 0 Å². The van der Waals surface area contributed by atoms with Crippen molar-refractivity contribution >= 4 is 5.96 Å². The first-order chi connectivity index (χ1) is 10.7. The van der Waals surface area contributed by atoms with Gasteiger partial charge in [0, 0.05) is 40.3 Å². The van der Waals surface area contributed by atoms with Crippen molar-refractivity contribution < 1.29 is 4.74 Å². The van der Waals surface area contributed by atoms with Crippen LogP contribution in [0, 0.1) is 0 Å². The summed E-state index contributed by atoms with van der Waals surface area (Å²) in [5.41, 5.74) is 0. The minimum Gasteiger partial charge on any atom is -0.383 e. The number of aryl methyl sites for hydroxylation is 1. The van der Waals surface area contributed by atoms with Crippen molar-refractivity contribution in [3.8, 4) is 0 Å². The Hall–Kier alpha value is -1.67. The van der Waals surface area contributed by atoms with Crippen LogP contribution >= 0.6 is 0 Å². The van der Waals surface area contributed by atoms with Crippen molar-refractivity contribution in [3.63, 3.8) is 0 Å². The van der Waals surface area contributed by atoms with Gasteiger partial charge in [0.25, 0.3) is 0 Å². The number of hydrogen-bond donors (Lipinski definition) is 2. The SMILES string of the molecule is CN=C(NCc1ncnn1C)NCC1CCCN1CCOC. The molecule has 1 aliphatic rings. The Labute approximate surface area is 132 Å². The molecule has 0 bridgehead atoms. The Morgan fingerprint density at radius 1 is 1.50 bits per heavy atom. The second-order valence-corrected chi connectivity index (χ2v) is 5.43. The van der Waals surface area contributed by atoms with Gasteiger partial charge in [-0.15, -0.1) is 0 Å². The quantitative estimate of drug-likeness (QED) is 0.527. The summed E-state index contributed by atoms with van der Waals surface area (Å²) in [7, 11) is 5.41. The van der Waals surface area contributed by atoms with Gasteiger partial charge in [-0.2, -0.15) is 5.10 Å². The lowest BCUT2D eigenvalue weighted by Gasteiger charge is -2.25. The van der Waals surface area contributed by atoms with Gasteiger partial charge in [0.15, 0.2) is 5.96 Å². The number of likely N-dealkylation sites (tertiary alicyclic amines) is 1. The molecule has 2 heterocycles. The molecule has 1 saturated heterocycles. The zero-order valence-corrected chi connectivity index (χ0v) is 13.7. The molecule has 2 rings (SSSR count). The van der Waals surface area contributed by atoms with E-state index in [1.807, 2.05) is 7.05 Å². The first-order valence-electron chi connectivity index (χ1n) is 7.75. The average Bonchev–Trinajstić information content (AvgIpc) is 3.14. The summed E-state index contributed by atoms with van der Waals surface area (Å²) >= 11 is 0. The van der Waals surface area contributed by atoms with Crippen LogP contribution in [0.15, 0.2) is 11.3 Å². The molecule has 1 aliphatic heterocycles. The summed E-state index contributed by atoms with van der Waals surface area (Å²) in [6.45, 7) is 4.43. The van der Waals surface area contributed by atoms with Crippen molar-refractivity contribution in [2.75, 3.05) is 40.4 Å². The molecule has 0 saturated carbocycles. The number of ether oxygens (including phenoxy) is 1. The summed E-state index contributed by atoms with van der Waals surface area (Å²) in [5.74, 6) is 1.67. The van der Waals surface area contributed by atoms with Gasteiger partial charge in [-0.1, -0.05) is 0 Å². The van der Waals surface area contributed by atoms with E-state index in [0.717, 1.165) is 38.0 Å². The zero-order valence-electron chi connectivity index (χ0n) is 13.7. The fourth-order valence-corrected chi connectivity index (χ4v) is 2.71. The van der Waals surface area contributed by atoms with E-state index in [9.17, 15) is 0 Å². The van der Waals surface area contributed by atoms with Crippen molar-refractivity contribution in [3.05, 3.63) is 12.2 Å². The maximum atomic E-state index is 5.18. The molecule has 0 radical (unpaired) electrons. The molecule has 0 spiro atoms. The first-order valence-corrected chi connectivity index (χ1v) is 7.75. The number of nitrogens with one attached hydrogen (secondary N) is 2. The van der Waals surface area contributed by atoms with E-state index >= 15 is 0 Å². The van der Waals surface area contributed by atoms with E-state index in [2.05, 4.69) is 30.6 Å². The molecule has 1 fully saturated rings. The summed E-state index contributed by atoms with van der Waals surface area (Å²) < 4.78 is 6.93. The van der Waals surface area contributed by atoms with Crippen LogP contribution < -0.4 is 10.6 Å². The molecular weight excluding hydrogens is 282 g/mol. The monoisotopic (exact) mass is 309 g/mol. The highest BCUT2D eigenvalue weighted by Gasteiger charge is 2.23. The largest absolute Gasteiger partial charge is 0.383 e. The molecule has 1 aromatic heterocycles. The molecule has 1 atom stereocenters. The van der Waals surface area contributed by atoms with Crippen LogP contribution in [0.3, 0.4) is 0 Å². The van der Waals surface area contributed by atoms with E-state index in [4.69, 9.17) is 4.74 Å². The van der Waals surface area contributed by atoms with Crippen LogP contribution in [0.5, 0.6) is 0 Å². The van der Waals surface area contributed by atoms with Crippen molar-refractivity contribution in [2.45, 2.75) is 25.4 Å². The molecular formula is C14H27N7O. The molecule has 1 aromatic rings. The van der Waals surface area contributed by atoms with Gasteiger partial charge in [0.05, 0.1) is 13.2 Å². The molecule has 124 valence electrons. The first kappa shape index (κ1) is 16.7. The van der Waals surface area contributed by atoms with Gasteiger partial charge in [-0.25, -0.2) is 4.98 Å². The molecule has 22 heavy (non-hydrogen) atoms. The van der Waals surface area contributed by atoms with Gasteiger partial charge in [-0.3, -0.25) is 14.6 Å². The molecule has 8 heteroatoms. The Bertz CT molecular complexity index is 474. The predicted molar refractivity (Wildman–Crippen MR) is 85.7 cm³/mol. The fourth-order valence-electron chi connectivity index (χ4n) is 2.71. The minimum atomic E-state index is 0.545. The number of aliphatic imine (C=N–C) groups is 1. The topological polar surface area (TPSA) is 79.6 Å². The highest BCUT2D eigenvalue weighted by atomic mass is 16.5. The Morgan fingerprint density at radius 2 is 2.36 bits per heavy atom. The number of guanidine groups is 1. The normalized spacial score (nSPS) is 19.6. The highest BCUT2D eigenvalue weighted by Crippen LogP contribution is 2.15. The van der Waals surface area contributed by atoms with Crippen LogP contribution in [0.25, 0.3) is 0 Å². The van der Waals surface area contributed by atoms with Crippen molar-refractivity contribution in [1.29, 1.82) is 0 Å². The second kappa shape index (κ2) is 8.70. The number of methoxy groups -OCH3 is 1. The van der Waals surface area contributed by atoms with E-state index in [1.54, 1.807) is 25.2 Å². The lowest BCUT2D eigenvalue weighted by atomic mass is 10.2. The lowest BCUT2D eigenvalue weighted by molar-refractivity contribution is 0.141. The minimum absolute atomic E-state index is 0.545. The van der Waals surface area contributed by atoms with E-state index in [1.165, 1.54) is 12.8 Å². The molecule has 2 N–H and O–H groups in total. The third-order valence-corrected chi connectivity index (χ3v) is 4.03. The van der Waals surface area contributed by atoms with Crippen LogP contribution in [0.1, 0.15) is 18.7 Å². The van der Waals surface area contributed by atoms with Gasteiger partial charge >= 0.3 is 0 Å².